The highest BCUT2D eigenvalue weighted by atomic mass is 16.1. The molecule has 0 N–H and O–H groups in total. The molecule has 0 fully saturated rings. The summed E-state index contributed by atoms with van der Waals surface area (Å²) < 4.78 is 76.6. The summed E-state index contributed by atoms with van der Waals surface area (Å²) in [5, 5.41) is -1.34. The Morgan fingerprint density at radius 2 is 1.32 bits per heavy atom. The molecule has 3 aromatic carbocycles. The maximum Gasteiger partial charge on any atom is 0.197 e. The summed E-state index contributed by atoms with van der Waals surface area (Å²) in [6.45, 7) is 2.81. The van der Waals surface area contributed by atoms with Crippen LogP contribution in [0.4, 0.5) is 0 Å². The van der Waals surface area contributed by atoms with Gasteiger partial charge in [-0.05, 0) is 55.7 Å². The van der Waals surface area contributed by atoms with E-state index in [2.05, 4.69) is 0 Å². The van der Waals surface area contributed by atoms with Crippen molar-refractivity contribution in [3.63, 3.8) is 0 Å². The summed E-state index contributed by atoms with van der Waals surface area (Å²) in [6, 6.07) is -4.47. The summed E-state index contributed by atoms with van der Waals surface area (Å²) in [5.74, 6) is 0. The normalized spacial score (nSPS) is 17.0. The van der Waals surface area contributed by atoms with E-state index in [1.165, 1.54) is 13.8 Å². The first kappa shape index (κ1) is 7.79. The molecule has 3 heteroatoms. The van der Waals surface area contributed by atoms with Gasteiger partial charge in [-0.1, -0.05) is 23.7 Å². The van der Waals surface area contributed by atoms with Crippen molar-refractivity contribution in [1.29, 1.82) is 0 Å². The highest BCUT2D eigenvalue weighted by molar-refractivity contribution is 6.08. The first-order valence-corrected chi connectivity index (χ1v) is 7.58. The van der Waals surface area contributed by atoms with Gasteiger partial charge in [0.1, 0.15) is 0 Å². The van der Waals surface area contributed by atoms with Gasteiger partial charge < -0.3 is 4.40 Å². The van der Waals surface area contributed by atoms with Crippen molar-refractivity contribution < 1.29 is 12.3 Å². The molecule has 120 valence electrons. The number of hydrogen-bond donors (Lipinski definition) is 0. The molecule has 3 nitrogen and oxygen atoms in total. The van der Waals surface area contributed by atoms with Crippen molar-refractivity contribution in [1.82, 2.24) is 4.40 Å². The van der Waals surface area contributed by atoms with E-state index in [1.54, 1.807) is 0 Å². The van der Waals surface area contributed by atoms with Crippen molar-refractivity contribution in [2.24, 2.45) is 0 Å². The lowest BCUT2D eigenvalue weighted by molar-refractivity contribution is 1.30. The first-order chi connectivity index (χ1) is 15.8. The zero-order valence-electron chi connectivity index (χ0n) is 22.3. The van der Waals surface area contributed by atoms with E-state index in [1.807, 2.05) is 0 Å². The third-order valence-corrected chi connectivity index (χ3v) is 4.26. The number of benzene rings is 3. The topological polar surface area (TPSA) is 38.5 Å². The number of pyridine rings is 2. The zero-order chi connectivity index (χ0) is 25.1. The smallest absolute Gasteiger partial charge is 0.197 e. The van der Waals surface area contributed by atoms with E-state index < -0.39 is 46.5 Å². The highest BCUT2D eigenvalue weighted by Crippen LogP contribution is 2.27. The van der Waals surface area contributed by atoms with Crippen LogP contribution in [0.3, 0.4) is 0 Å². The molecule has 0 aliphatic carbocycles. The molecule has 0 saturated carbocycles. The van der Waals surface area contributed by atoms with Crippen LogP contribution < -0.4 is 10.9 Å². The fourth-order valence-electron chi connectivity index (χ4n) is 3.25. The second-order valence-electron chi connectivity index (χ2n) is 5.91. The van der Waals surface area contributed by atoms with Crippen LogP contribution >= 0.6 is 0 Å². The number of para-hydroxylation sites is 1. The average molecular weight is 334 g/mol. The van der Waals surface area contributed by atoms with Crippen LogP contribution in [0.25, 0.3) is 38.1 Å². The quantitative estimate of drug-likeness (QED) is 0.315. The predicted octanol–water partition coefficient (Wildman–Crippen LogP) is 4.17. The second-order valence-corrected chi connectivity index (χ2v) is 5.91. The van der Waals surface area contributed by atoms with E-state index in [0.717, 1.165) is 4.40 Å². The Morgan fingerprint density at radius 3 is 2.08 bits per heavy atom. The van der Waals surface area contributed by atoms with E-state index >= 15 is 0 Å². The van der Waals surface area contributed by atoms with Gasteiger partial charge in [0.25, 0.3) is 0 Å². The van der Waals surface area contributed by atoms with Gasteiger partial charge in [-0.2, -0.15) is 0 Å². The Morgan fingerprint density at radius 1 is 0.720 bits per heavy atom. The van der Waals surface area contributed by atoms with Crippen LogP contribution in [-0.4, -0.2) is 4.40 Å². The number of hydrogen-bond acceptors (Lipinski definition) is 2. The molecule has 0 aliphatic heterocycles. The fraction of sp³-hybridized carbons (Fsp3) is 0.0909. The van der Waals surface area contributed by atoms with Crippen LogP contribution in [0, 0.1) is 13.8 Å². The molecule has 0 amide bonds. The molecule has 25 heavy (non-hydrogen) atoms. The van der Waals surface area contributed by atoms with Crippen molar-refractivity contribution in [3.05, 3.63) is 86.0 Å². The van der Waals surface area contributed by atoms with Crippen LogP contribution in [0.5, 0.6) is 0 Å². The lowest BCUT2D eigenvalue weighted by Crippen LogP contribution is -2.14. The molecule has 5 rings (SSSR count). The maximum atomic E-state index is 13.6. The van der Waals surface area contributed by atoms with E-state index in [-0.39, 0.29) is 68.0 Å². The number of rotatable bonds is 0. The minimum absolute atomic E-state index is 0.0228. The molecule has 0 saturated heterocycles. The maximum absolute atomic E-state index is 13.6. The fourth-order valence-corrected chi connectivity index (χ4v) is 3.25. The van der Waals surface area contributed by atoms with Crippen molar-refractivity contribution >= 4 is 38.1 Å². The largest absolute Gasteiger partial charge is 0.308 e. The van der Waals surface area contributed by atoms with Gasteiger partial charge in [-0.3, -0.25) is 9.59 Å². The monoisotopic (exact) mass is 334 g/mol. The molecule has 0 aliphatic rings. The van der Waals surface area contributed by atoms with E-state index in [9.17, 15) is 9.59 Å². The third kappa shape index (κ3) is 1.75. The van der Waals surface area contributed by atoms with Crippen LogP contribution in [0.2, 0.25) is 0 Å². The Kier molecular flexibility index (Phi) is 1.45. The molecule has 2 heterocycles. The highest BCUT2D eigenvalue weighted by Gasteiger charge is 2.17. The summed E-state index contributed by atoms with van der Waals surface area (Å²) in [7, 11) is 0. The molecule has 2 aromatic heterocycles. The van der Waals surface area contributed by atoms with Crippen molar-refractivity contribution in [2.75, 3.05) is 0 Å². The van der Waals surface area contributed by atoms with Gasteiger partial charge in [0.2, 0.25) is 0 Å². The summed E-state index contributed by atoms with van der Waals surface area (Å²) in [6.07, 6.45) is 0. The minimum Gasteiger partial charge on any atom is -0.308 e. The van der Waals surface area contributed by atoms with Gasteiger partial charge in [0, 0.05) is 21.5 Å². The van der Waals surface area contributed by atoms with Crippen LogP contribution in [-0.2, 0) is 0 Å². The molecule has 5 aromatic rings. The lowest BCUT2D eigenvalue weighted by atomic mass is 10.0. The lowest BCUT2D eigenvalue weighted by Gasteiger charge is -2.15. The van der Waals surface area contributed by atoms with Crippen LogP contribution in [0.1, 0.15) is 23.5 Å². The Hall–Kier alpha value is -3.20. The third-order valence-electron chi connectivity index (χ3n) is 4.26. The van der Waals surface area contributed by atoms with E-state index in [0.29, 0.717) is 0 Å². The molecule has 0 bridgehead atoms. The van der Waals surface area contributed by atoms with Gasteiger partial charge in [-0.15, -0.1) is 0 Å². The van der Waals surface area contributed by atoms with Gasteiger partial charge in [-0.25, -0.2) is 0 Å². The Labute approximate surface area is 155 Å². The SMILES string of the molecule is [2H]c1c([2H])c([2H])c2c(c1[2H])c(=O)c1c([2H])c(C)c([2H])c3c(=O)c4c([2H])c(C)c([2H])c([2H])c4n2c13. The molecule has 0 unspecified atom stereocenters. The molecular formula is C22H15NO2. The predicted molar refractivity (Wildman–Crippen MR) is 103 cm³/mol. The van der Waals surface area contributed by atoms with Gasteiger partial charge >= 0.3 is 0 Å². The Bertz CT molecular complexity index is 1780. The standard InChI is InChI=1S/C22H15NO2/c1-12-7-8-19-15(9-12)22(25)17-11-13(2)10-16-20(17)23(19)18-6-4-3-5-14(18)21(16)24/h3-11H,1-2H3/i3D,4D,5D,6D,7D,8D,9D,10D,11D. The molecule has 0 radical (unpaired) electrons. The van der Waals surface area contributed by atoms with E-state index in [4.69, 9.17) is 12.3 Å². The summed E-state index contributed by atoms with van der Waals surface area (Å²) >= 11 is 0. The summed E-state index contributed by atoms with van der Waals surface area (Å²) in [4.78, 5) is 27.2. The second kappa shape index (κ2) is 4.67. The van der Waals surface area contributed by atoms with Crippen LogP contribution in [0.15, 0.2) is 64.0 Å². The summed E-state index contributed by atoms with van der Waals surface area (Å²) in [5.41, 5.74) is -2.46. The molecule has 0 atom stereocenters. The van der Waals surface area contributed by atoms with Gasteiger partial charge in [0.05, 0.1) is 28.9 Å². The zero-order valence-corrected chi connectivity index (χ0v) is 13.3. The van der Waals surface area contributed by atoms with Crippen molar-refractivity contribution in [3.8, 4) is 0 Å². The average Bonchev–Trinajstić information content (AvgIpc) is 2.80. The molecule has 0 spiro atoms. The van der Waals surface area contributed by atoms with Crippen molar-refractivity contribution in [2.45, 2.75) is 13.8 Å². The van der Waals surface area contributed by atoms with Gasteiger partial charge in [0.15, 0.2) is 10.9 Å². The minimum atomic E-state index is -0.894. The molecular weight excluding hydrogens is 310 g/mol. The first-order valence-electron chi connectivity index (χ1n) is 12.1. The number of nitrogens with zero attached hydrogens (tertiary/aromatic N) is 1. The Balaban J connectivity index is 2.46. The number of aromatic nitrogens is 1. The number of fused-ring (bicyclic) bond motifs is 4.